The fourth-order valence-corrected chi connectivity index (χ4v) is 1.89. The van der Waals surface area contributed by atoms with E-state index in [-0.39, 0.29) is 18.0 Å². The lowest BCUT2D eigenvalue weighted by molar-refractivity contribution is -0.140. The Morgan fingerprint density at radius 1 is 1.24 bits per heavy atom. The van der Waals surface area contributed by atoms with Crippen molar-refractivity contribution in [3.05, 3.63) is 29.8 Å². The molecular formula is C12H17N3O5S. The second kappa shape index (κ2) is 7.04. The van der Waals surface area contributed by atoms with Crippen LogP contribution in [0, 0.1) is 5.92 Å². The van der Waals surface area contributed by atoms with E-state index in [9.17, 15) is 18.0 Å². The first-order valence-electron chi connectivity index (χ1n) is 6.06. The van der Waals surface area contributed by atoms with Crippen molar-refractivity contribution in [2.75, 3.05) is 6.54 Å². The summed E-state index contributed by atoms with van der Waals surface area (Å²) in [6.07, 6.45) is 0. The molecule has 0 saturated heterocycles. The highest BCUT2D eigenvalue weighted by molar-refractivity contribution is 7.89. The second-order valence-electron chi connectivity index (χ2n) is 4.49. The number of carbonyl (C=O) groups is 2. The van der Waals surface area contributed by atoms with Crippen LogP contribution in [0.2, 0.25) is 0 Å². The van der Waals surface area contributed by atoms with Gasteiger partial charge in [-0.15, -0.1) is 0 Å². The number of rotatable bonds is 6. The predicted molar refractivity (Wildman–Crippen MR) is 74.9 cm³/mol. The van der Waals surface area contributed by atoms with Gasteiger partial charge in [-0.3, -0.25) is 4.79 Å². The third-order valence-electron chi connectivity index (χ3n) is 2.70. The molecule has 1 unspecified atom stereocenters. The molecule has 0 saturated carbocycles. The summed E-state index contributed by atoms with van der Waals surface area (Å²) in [6.45, 7) is 1.68. The molecule has 0 aromatic heterocycles. The summed E-state index contributed by atoms with van der Waals surface area (Å²) in [7, 11) is -3.73. The van der Waals surface area contributed by atoms with Crippen molar-refractivity contribution < 1.29 is 23.1 Å². The molecule has 0 aliphatic heterocycles. The summed E-state index contributed by atoms with van der Waals surface area (Å²) in [5, 5.41) is 18.6. The van der Waals surface area contributed by atoms with Crippen LogP contribution < -0.4 is 15.8 Å². The number of amides is 2. The van der Waals surface area contributed by atoms with Gasteiger partial charge in [0.15, 0.2) is 0 Å². The van der Waals surface area contributed by atoms with Crippen molar-refractivity contribution >= 4 is 22.0 Å². The van der Waals surface area contributed by atoms with Gasteiger partial charge in [0, 0.05) is 13.1 Å². The molecular weight excluding hydrogens is 298 g/mol. The number of carboxylic acid groups (broad SMARTS) is 1. The largest absolute Gasteiger partial charge is 0.481 e. The van der Waals surface area contributed by atoms with Gasteiger partial charge in [0.25, 0.3) is 0 Å². The third-order valence-corrected chi connectivity index (χ3v) is 3.62. The van der Waals surface area contributed by atoms with E-state index >= 15 is 0 Å². The van der Waals surface area contributed by atoms with Crippen molar-refractivity contribution in [2.45, 2.75) is 18.4 Å². The minimum Gasteiger partial charge on any atom is -0.481 e. The van der Waals surface area contributed by atoms with Gasteiger partial charge in [0.1, 0.15) is 0 Å². The summed E-state index contributed by atoms with van der Waals surface area (Å²) >= 11 is 0. The molecule has 1 aromatic carbocycles. The van der Waals surface area contributed by atoms with Crippen molar-refractivity contribution in [3.63, 3.8) is 0 Å². The minimum atomic E-state index is -3.73. The monoisotopic (exact) mass is 315 g/mol. The zero-order valence-corrected chi connectivity index (χ0v) is 12.2. The Morgan fingerprint density at radius 3 is 2.29 bits per heavy atom. The molecule has 21 heavy (non-hydrogen) atoms. The normalized spacial score (nSPS) is 12.5. The molecule has 1 aromatic rings. The average molecular weight is 315 g/mol. The fourth-order valence-electron chi connectivity index (χ4n) is 1.37. The van der Waals surface area contributed by atoms with Crippen LogP contribution in [0.3, 0.4) is 0 Å². The Balaban J connectivity index is 2.45. The van der Waals surface area contributed by atoms with E-state index in [1.54, 1.807) is 0 Å². The Labute approximate surface area is 122 Å². The fraction of sp³-hybridized carbons (Fsp3) is 0.333. The van der Waals surface area contributed by atoms with Crippen LogP contribution in [0.25, 0.3) is 0 Å². The van der Waals surface area contributed by atoms with Crippen molar-refractivity contribution in [1.29, 1.82) is 0 Å². The van der Waals surface area contributed by atoms with Crippen molar-refractivity contribution in [1.82, 2.24) is 10.6 Å². The van der Waals surface area contributed by atoms with Crippen LogP contribution in [-0.4, -0.2) is 32.1 Å². The maximum absolute atomic E-state index is 11.4. The number of urea groups is 1. The number of primary sulfonamides is 1. The smallest absolute Gasteiger partial charge is 0.315 e. The van der Waals surface area contributed by atoms with Gasteiger partial charge in [0.2, 0.25) is 10.0 Å². The Kier molecular flexibility index (Phi) is 5.68. The number of sulfonamides is 1. The van der Waals surface area contributed by atoms with Gasteiger partial charge in [-0.25, -0.2) is 18.4 Å². The van der Waals surface area contributed by atoms with Gasteiger partial charge in [-0.2, -0.15) is 0 Å². The molecule has 0 heterocycles. The molecule has 2 amide bonds. The van der Waals surface area contributed by atoms with E-state index in [0.29, 0.717) is 5.56 Å². The van der Waals surface area contributed by atoms with Crippen LogP contribution in [0.15, 0.2) is 29.2 Å². The van der Waals surface area contributed by atoms with Crippen molar-refractivity contribution in [2.24, 2.45) is 11.1 Å². The number of hydrogen-bond donors (Lipinski definition) is 4. The average Bonchev–Trinajstić information content (AvgIpc) is 2.41. The van der Waals surface area contributed by atoms with E-state index in [1.807, 2.05) is 0 Å². The molecule has 0 aliphatic rings. The highest BCUT2D eigenvalue weighted by atomic mass is 32.2. The number of nitrogens with two attached hydrogens (primary N) is 1. The second-order valence-corrected chi connectivity index (χ2v) is 6.05. The Hall–Kier alpha value is -2.13. The summed E-state index contributed by atoms with van der Waals surface area (Å²) in [4.78, 5) is 22.0. The molecule has 0 bridgehead atoms. The third kappa shape index (κ3) is 5.79. The molecule has 9 heteroatoms. The van der Waals surface area contributed by atoms with E-state index in [1.165, 1.54) is 31.2 Å². The highest BCUT2D eigenvalue weighted by Crippen LogP contribution is 2.08. The summed E-state index contributed by atoms with van der Waals surface area (Å²) in [5.74, 6) is -1.67. The molecule has 8 nitrogen and oxygen atoms in total. The van der Waals surface area contributed by atoms with Crippen LogP contribution >= 0.6 is 0 Å². The van der Waals surface area contributed by atoms with Crippen LogP contribution in [0.4, 0.5) is 4.79 Å². The summed E-state index contributed by atoms with van der Waals surface area (Å²) < 4.78 is 22.1. The molecule has 0 radical (unpaired) electrons. The molecule has 1 atom stereocenters. The van der Waals surface area contributed by atoms with Crippen LogP contribution in [0.5, 0.6) is 0 Å². The maximum Gasteiger partial charge on any atom is 0.315 e. The standard InChI is InChI=1S/C12H17N3O5S/c1-8(11(16)17)6-14-12(18)15-7-9-2-4-10(5-3-9)21(13,19)20/h2-5,8H,6-7H2,1H3,(H,16,17)(H2,13,19,20)(H2,14,15,18). The lowest BCUT2D eigenvalue weighted by Gasteiger charge is -2.10. The first-order chi connectivity index (χ1) is 9.70. The maximum atomic E-state index is 11.4. The Morgan fingerprint density at radius 2 is 1.81 bits per heavy atom. The molecule has 0 fully saturated rings. The van der Waals surface area contributed by atoms with Gasteiger partial charge in [-0.1, -0.05) is 19.1 Å². The van der Waals surface area contributed by atoms with Crippen LogP contribution in [0.1, 0.15) is 12.5 Å². The SMILES string of the molecule is CC(CNC(=O)NCc1ccc(S(N)(=O)=O)cc1)C(=O)O. The number of aliphatic carboxylic acids is 1. The molecule has 0 spiro atoms. The predicted octanol–water partition coefficient (Wildman–Crippen LogP) is -0.146. The number of nitrogens with one attached hydrogen (secondary N) is 2. The van der Waals surface area contributed by atoms with E-state index in [4.69, 9.17) is 10.2 Å². The van der Waals surface area contributed by atoms with E-state index in [0.717, 1.165) is 0 Å². The molecule has 0 aliphatic carbocycles. The quantitative estimate of drug-likeness (QED) is 0.578. The van der Waals surface area contributed by atoms with Crippen molar-refractivity contribution in [3.8, 4) is 0 Å². The molecule has 5 N–H and O–H groups in total. The zero-order valence-electron chi connectivity index (χ0n) is 11.4. The molecule has 116 valence electrons. The number of carbonyl (C=O) groups excluding carboxylic acids is 1. The number of carboxylic acids is 1. The summed E-state index contributed by atoms with van der Waals surface area (Å²) in [6, 6.07) is 5.24. The topological polar surface area (TPSA) is 139 Å². The van der Waals surface area contributed by atoms with E-state index in [2.05, 4.69) is 10.6 Å². The van der Waals surface area contributed by atoms with Gasteiger partial charge in [0.05, 0.1) is 10.8 Å². The zero-order chi connectivity index (χ0) is 16.0. The lowest BCUT2D eigenvalue weighted by Crippen LogP contribution is -2.38. The Bertz CT molecular complexity index is 612. The number of benzene rings is 1. The van der Waals surface area contributed by atoms with E-state index < -0.39 is 27.9 Å². The first kappa shape index (κ1) is 16.9. The number of hydrogen-bond acceptors (Lipinski definition) is 4. The van der Waals surface area contributed by atoms with Gasteiger partial charge in [-0.05, 0) is 17.7 Å². The highest BCUT2D eigenvalue weighted by Gasteiger charge is 2.12. The van der Waals surface area contributed by atoms with Gasteiger partial charge < -0.3 is 15.7 Å². The van der Waals surface area contributed by atoms with Crippen LogP contribution in [-0.2, 0) is 21.4 Å². The lowest BCUT2D eigenvalue weighted by atomic mass is 10.2. The molecule has 1 rings (SSSR count). The first-order valence-corrected chi connectivity index (χ1v) is 7.61. The van der Waals surface area contributed by atoms with Gasteiger partial charge >= 0.3 is 12.0 Å². The summed E-state index contributed by atoms with van der Waals surface area (Å²) in [5.41, 5.74) is 0.684. The minimum absolute atomic E-state index is 0.00835.